The van der Waals surface area contributed by atoms with Crippen molar-refractivity contribution in [3.63, 3.8) is 0 Å². The van der Waals surface area contributed by atoms with Gasteiger partial charge in [-0.05, 0) is 6.42 Å². The molecule has 1 aliphatic carbocycles. The van der Waals surface area contributed by atoms with Crippen molar-refractivity contribution >= 4 is 0 Å². The lowest BCUT2D eigenvalue weighted by Crippen LogP contribution is -2.64. The molecule has 0 bridgehead atoms. The van der Waals surface area contributed by atoms with E-state index in [2.05, 4.69) is 0 Å². The highest BCUT2D eigenvalue weighted by Crippen LogP contribution is 2.23. The highest BCUT2D eigenvalue weighted by molar-refractivity contribution is 4.99. The van der Waals surface area contributed by atoms with E-state index in [-0.39, 0.29) is 0 Å². The van der Waals surface area contributed by atoms with Gasteiger partial charge in [0, 0.05) is 6.61 Å². The molecule has 0 aromatic rings. The summed E-state index contributed by atoms with van der Waals surface area (Å²) in [6.07, 6.45) is -6.79. The first-order valence-corrected chi connectivity index (χ1v) is 5.52. The summed E-state index contributed by atoms with van der Waals surface area (Å²) in [6.45, 7) is 2.29. The van der Waals surface area contributed by atoms with Gasteiger partial charge in [0.1, 0.15) is 36.6 Å². The molecule has 0 amide bonds. The lowest BCUT2D eigenvalue weighted by Gasteiger charge is -2.41. The van der Waals surface area contributed by atoms with E-state index in [0.29, 0.717) is 6.61 Å². The minimum absolute atomic E-state index is 0.324. The standard InChI is InChI=1S/C10H20O6/c1-2-3-4-16-10-8(14)6(12)5(11)7(13)9(10)15/h5-15H,2-4H2,1H3/t5?,6-,7+,8-,9-,10?/m0/s1. The van der Waals surface area contributed by atoms with Gasteiger partial charge in [0.2, 0.25) is 0 Å². The summed E-state index contributed by atoms with van der Waals surface area (Å²) in [4.78, 5) is 0. The van der Waals surface area contributed by atoms with Crippen LogP contribution in [0.5, 0.6) is 0 Å². The highest BCUT2D eigenvalue weighted by atomic mass is 16.5. The fourth-order valence-corrected chi connectivity index (χ4v) is 1.76. The Bertz CT molecular complexity index is 195. The van der Waals surface area contributed by atoms with E-state index in [9.17, 15) is 25.5 Å². The second-order valence-electron chi connectivity index (χ2n) is 4.14. The van der Waals surface area contributed by atoms with Crippen LogP contribution in [-0.4, -0.2) is 68.8 Å². The van der Waals surface area contributed by atoms with Crippen molar-refractivity contribution in [1.29, 1.82) is 0 Å². The average molecular weight is 236 g/mol. The third kappa shape index (κ3) is 2.71. The van der Waals surface area contributed by atoms with Crippen molar-refractivity contribution in [2.45, 2.75) is 56.4 Å². The summed E-state index contributed by atoms with van der Waals surface area (Å²) < 4.78 is 5.21. The number of ether oxygens (including phenoxy) is 1. The Morgan fingerprint density at radius 1 is 0.812 bits per heavy atom. The lowest BCUT2D eigenvalue weighted by atomic mass is 9.85. The lowest BCUT2D eigenvalue weighted by molar-refractivity contribution is -0.235. The third-order valence-corrected chi connectivity index (χ3v) is 2.88. The van der Waals surface area contributed by atoms with Crippen LogP contribution in [0.2, 0.25) is 0 Å². The van der Waals surface area contributed by atoms with Crippen LogP contribution in [-0.2, 0) is 4.74 Å². The van der Waals surface area contributed by atoms with E-state index in [0.717, 1.165) is 12.8 Å². The Kier molecular flexibility index (Phi) is 5.10. The zero-order chi connectivity index (χ0) is 12.3. The highest BCUT2D eigenvalue weighted by Gasteiger charge is 2.48. The van der Waals surface area contributed by atoms with Crippen LogP contribution >= 0.6 is 0 Å². The van der Waals surface area contributed by atoms with Crippen molar-refractivity contribution in [3.8, 4) is 0 Å². The van der Waals surface area contributed by atoms with Gasteiger partial charge in [0.15, 0.2) is 0 Å². The molecule has 0 radical (unpaired) electrons. The molecule has 16 heavy (non-hydrogen) atoms. The molecule has 0 heterocycles. The normalized spacial score (nSPS) is 44.6. The van der Waals surface area contributed by atoms with Gasteiger partial charge < -0.3 is 30.3 Å². The summed E-state index contributed by atoms with van der Waals surface area (Å²) in [7, 11) is 0. The largest absolute Gasteiger partial charge is 0.387 e. The van der Waals surface area contributed by atoms with Crippen molar-refractivity contribution in [3.05, 3.63) is 0 Å². The quantitative estimate of drug-likeness (QED) is 0.361. The Hall–Kier alpha value is -0.240. The van der Waals surface area contributed by atoms with E-state index < -0.39 is 36.6 Å². The molecule has 6 nitrogen and oxygen atoms in total. The van der Waals surface area contributed by atoms with Crippen molar-refractivity contribution in [1.82, 2.24) is 0 Å². The van der Waals surface area contributed by atoms with Gasteiger partial charge in [0.25, 0.3) is 0 Å². The minimum Gasteiger partial charge on any atom is -0.387 e. The van der Waals surface area contributed by atoms with Gasteiger partial charge in [-0.1, -0.05) is 13.3 Å². The molecule has 2 unspecified atom stereocenters. The predicted octanol–water partition coefficient (Wildman–Crippen LogP) is -2.01. The number of aliphatic hydroxyl groups excluding tert-OH is 5. The van der Waals surface area contributed by atoms with E-state index in [1.54, 1.807) is 0 Å². The van der Waals surface area contributed by atoms with Gasteiger partial charge in [-0.2, -0.15) is 0 Å². The Labute approximate surface area is 94.1 Å². The second-order valence-corrected chi connectivity index (χ2v) is 4.14. The molecule has 6 atom stereocenters. The summed E-state index contributed by atoms with van der Waals surface area (Å²) in [6, 6.07) is 0. The Morgan fingerprint density at radius 3 is 1.69 bits per heavy atom. The first-order chi connectivity index (χ1) is 7.50. The maximum Gasteiger partial charge on any atom is 0.114 e. The topological polar surface area (TPSA) is 110 Å². The molecule has 1 rings (SSSR count). The van der Waals surface area contributed by atoms with Gasteiger partial charge in [-0.25, -0.2) is 0 Å². The molecule has 1 saturated carbocycles. The molecule has 0 aliphatic heterocycles. The molecule has 0 aromatic carbocycles. The zero-order valence-electron chi connectivity index (χ0n) is 9.23. The molecule has 0 saturated heterocycles. The minimum atomic E-state index is -1.56. The van der Waals surface area contributed by atoms with Crippen LogP contribution in [0.4, 0.5) is 0 Å². The molecule has 5 N–H and O–H groups in total. The van der Waals surface area contributed by atoms with Crippen molar-refractivity contribution < 1.29 is 30.3 Å². The fourth-order valence-electron chi connectivity index (χ4n) is 1.76. The molecule has 0 aromatic heterocycles. The maximum absolute atomic E-state index is 9.59. The molecule has 6 heteroatoms. The van der Waals surface area contributed by atoms with Gasteiger partial charge in [-0.3, -0.25) is 0 Å². The molecule has 1 aliphatic rings. The first-order valence-electron chi connectivity index (χ1n) is 5.52. The van der Waals surface area contributed by atoms with Crippen LogP contribution < -0.4 is 0 Å². The summed E-state index contributed by atoms with van der Waals surface area (Å²) in [5.41, 5.74) is 0. The zero-order valence-corrected chi connectivity index (χ0v) is 9.23. The SMILES string of the molecule is CCCCOC1[C@@H](O)[C@H](O)C(O)[C@H](O)[C@@H]1O. The molecular formula is C10H20O6. The average Bonchev–Trinajstić information content (AvgIpc) is 2.28. The van der Waals surface area contributed by atoms with Crippen LogP contribution in [0.3, 0.4) is 0 Å². The molecular weight excluding hydrogens is 216 g/mol. The summed E-state index contributed by atoms with van der Waals surface area (Å²) >= 11 is 0. The number of rotatable bonds is 4. The second kappa shape index (κ2) is 5.90. The number of unbranched alkanes of at least 4 members (excludes halogenated alkanes) is 1. The molecule has 1 fully saturated rings. The maximum atomic E-state index is 9.59. The van der Waals surface area contributed by atoms with Crippen LogP contribution in [0.1, 0.15) is 19.8 Å². The number of hydrogen-bond acceptors (Lipinski definition) is 6. The van der Waals surface area contributed by atoms with E-state index in [1.807, 2.05) is 6.92 Å². The number of aliphatic hydroxyl groups is 5. The monoisotopic (exact) mass is 236 g/mol. The van der Waals surface area contributed by atoms with Crippen molar-refractivity contribution in [2.24, 2.45) is 0 Å². The first kappa shape index (κ1) is 13.8. The summed E-state index contributed by atoms with van der Waals surface area (Å²) in [5.74, 6) is 0. The van der Waals surface area contributed by atoms with Gasteiger partial charge >= 0.3 is 0 Å². The van der Waals surface area contributed by atoms with Crippen LogP contribution in [0.25, 0.3) is 0 Å². The summed E-state index contributed by atoms with van der Waals surface area (Å²) in [5, 5.41) is 47.3. The molecule has 0 spiro atoms. The fraction of sp³-hybridized carbons (Fsp3) is 1.00. The number of hydrogen-bond donors (Lipinski definition) is 5. The van der Waals surface area contributed by atoms with Gasteiger partial charge in [-0.15, -0.1) is 0 Å². The van der Waals surface area contributed by atoms with E-state index in [1.165, 1.54) is 0 Å². The van der Waals surface area contributed by atoms with Crippen LogP contribution in [0.15, 0.2) is 0 Å². The van der Waals surface area contributed by atoms with Crippen molar-refractivity contribution in [2.75, 3.05) is 6.61 Å². The Balaban J connectivity index is 2.60. The Morgan fingerprint density at radius 2 is 1.25 bits per heavy atom. The van der Waals surface area contributed by atoms with E-state index in [4.69, 9.17) is 4.74 Å². The predicted molar refractivity (Wildman–Crippen MR) is 54.7 cm³/mol. The van der Waals surface area contributed by atoms with Gasteiger partial charge in [0.05, 0.1) is 0 Å². The third-order valence-electron chi connectivity index (χ3n) is 2.88. The van der Waals surface area contributed by atoms with Crippen LogP contribution in [0, 0.1) is 0 Å². The molecule has 96 valence electrons. The van der Waals surface area contributed by atoms with E-state index >= 15 is 0 Å². The smallest absolute Gasteiger partial charge is 0.114 e.